The molecule has 0 atom stereocenters. The Morgan fingerprint density at radius 2 is 1.80 bits per heavy atom. The van der Waals surface area contributed by atoms with Gasteiger partial charge in [-0.05, 0) is 57.7 Å². The van der Waals surface area contributed by atoms with Crippen LogP contribution in [0.3, 0.4) is 0 Å². The Kier molecular flexibility index (Phi) is 6.85. The van der Waals surface area contributed by atoms with Gasteiger partial charge in [0.05, 0.1) is 27.0 Å². The van der Waals surface area contributed by atoms with Crippen molar-refractivity contribution in [1.29, 1.82) is 0 Å². The Labute approximate surface area is 192 Å². The van der Waals surface area contributed by atoms with Crippen LogP contribution in [0.4, 0.5) is 0 Å². The van der Waals surface area contributed by atoms with Gasteiger partial charge in [-0.3, -0.25) is 4.98 Å². The minimum Gasteiger partial charge on any atom is -0.253 e. The van der Waals surface area contributed by atoms with Gasteiger partial charge in [0.2, 0.25) is 0 Å². The highest BCUT2D eigenvalue weighted by Crippen LogP contribution is 2.43. The van der Waals surface area contributed by atoms with Crippen LogP contribution < -0.4 is 0 Å². The van der Waals surface area contributed by atoms with E-state index in [4.69, 9.17) is 21.7 Å². The second-order valence-electron chi connectivity index (χ2n) is 7.49. The molecule has 0 spiro atoms. The average molecular weight is 461 g/mol. The maximum Gasteiger partial charge on any atom is 0.158 e. The smallest absolute Gasteiger partial charge is 0.158 e. The van der Waals surface area contributed by atoms with Gasteiger partial charge in [-0.2, -0.15) is 5.10 Å². The molecule has 7 heteroatoms. The second-order valence-corrected chi connectivity index (χ2v) is 8.75. The SMILES string of the molecule is CCC(CC)c1cc(C)nn2c(-c3scc(-c4cccc(C)n4)c3Cl)c(C)nc12.Cl. The Morgan fingerprint density at radius 1 is 1.07 bits per heavy atom. The van der Waals surface area contributed by atoms with Crippen LogP contribution in [-0.4, -0.2) is 19.6 Å². The van der Waals surface area contributed by atoms with Crippen LogP contribution in [0, 0.1) is 20.8 Å². The van der Waals surface area contributed by atoms with Crippen LogP contribution in [0.5, 0.6) is 0 Å². The third kappa shape index (κ3) is 3.86. The quantitative estimate of drug-likeness (QED) is 0.311. The Hall–Kier alpha value is -1.95. The Bertz CT molecular complexity index is 1190. The van der Waals surface area contributed by atoms with Gasteiger partial charge in [0.25, 0.3) is 0 Å². The summed E-state index contributed by atoms with van der Waals surface area (Å²) in [7, 11) is 0. The maximum absolute atomic E-state index is 6.87. The van der Waals surface area contributed by atoms with E-state index in [1.165, 1.54) is 5.56 Å². The maximum atomic E-state index is 6.87. The predicted molar refractivity (Wildman–Crippen MR) is 129 cm³/mol. The van der Waals surface area contributed by atoms with Crippen molar-refractivity contribution in [3.8, 4) is 21.8 Å². The summed E-state index contributed by atoms with van der Waals surface area (Å²) in [5.74, 6) is 0.472. The van der Waals surface area contributed by atoms with Crippen molar-refractivity contribution in [2.45, 2.75) is 53.4 Å². The summed E-state index contributed by atoms with van der Waals surface area (Å²) in [6.07, 6.45) is 2.17. The summed E-state index contributed by atoms with van der Waals surface area (Å²) in [6, 6.07) is 8.18. The molecule has 0 aromatic carbocycles. The van der Waals surface area contributed by atoms with Crippen LogP contribution >= 0.6 is 35.3 Å². The number of imidazole rings is 1. The van der Waals surface area contributed by atoms with E-state index in [2.05, 4.69) is 30.3 Å². The number of rotatable bonds is 5. The van der Waals surface area contributed by atoms with Crippen molar-refractivity contribution in [2.24, 2.45) is 0 Å². The number of fused-ring (bicyclic) bond motifs is 1. The first-order chi connectivity index (χ1) is 13.9. The first-order valence-corrected chi connectivity index (χ1v) is 11.3. The first-order valence-electron chi connectivity index (χ1n) is 10.0. The molecule has 4 nitrogen and oxygen atoms in total. The minimum absolute atomic E-state index is 0. The predicted octanol–water partition coefficient (Wildman–Crippen LogP) is 7.42. The lowest BCUT2D eigenvalue weighted by molar-refractivity contribution is 0.638. The number of pyridine rings is 1. The molecule has 0 N–H and O–H groups in total. The summed E-state index contributed by atoms with van der Waals surface area (Å²) < 4.78 is 1.99. The van der Waals surface area contributed by atoms with Gasteiger partial charge in [-0.1, -0.05) is 31.5 Å². The molecule has 4 rings (SSSR count). The third-order valence-electron chi connectivity index (χ3n) is 5.44. The van der Waals surface area contributed by atoms with Crippen molar-refractivity contribution in [2.75, 3.05) is 0 Å². The first kappa shape index (κ1) is 22.7. The average Bonchev–Trinajstić information content (AvgIpc) is 3.21. The molecule has 4 aromatic heterocycles. The summed E-state index contributed by atoms with van der Waals surface area (Å²) in [6.45, 7) is 10.5. The molecule has 0 aliphatic carbocycles. The molecule has 0 bridgehead atoms. The zero-order valence-corrected chi connectivity index (χ0v) is 20.3. The molecule has 0 fully saturated rings. The molecule has 0 saturated heterocycles. The van der Waals surface area contributed by atoms with E-state index in [1.807, 2.05) is 43.5 Å². The van der Waals surface area contributed by atoms with Gasteiger partial charge in [0.15, 0.2) is 5.65 Å². The van der Waals surface area contributed by atoms with Gasteiger partial charge in [-0.15, -0.1) is 23.7 Å². The van der Waals surface area contributed by atoms with Gasteiger partial charge < -0.3 is 0 Å². The van der Waals surface area contributed by atoms with Gasteiger partial charge in [0, 0.05) is 22.2 Å². The fourth-order valence-electron chi connectivity index (χ4n) is 3.94. The molecule has 0 aliphatic heterocycles. The number of hydrogen-bond acceptors (Lipinski definition) is 4. The highest BCUT2D eigenvalue weighted by atomic mass is 35.5. The second kappa shape index (κ2) is 9.04. The molecule has 30 heavy (non-hydrogen) atoms. The number of halogens is 2. The van der Waals surface area contributed by atoms with Gasteiger partial charge >= 0.3 is 0 Å². The molecule has 158 valence electrons. The zero-order chi connectivity index (χ0) is 20.7. The van der Waals surface area contributed by atoms with Crippen LogP contribution in [0.2, 0.25) is 5.02 Å². The van der Waals surface area contributed by atoms with Crippen LogP contribution in [0.15, 0.2) is 29.6 Å². The minimum atomic E-state index is 0. The van der Waals surface area contributed by atoms with E-state index >= 15 is 0 Å². The van der Waals surface area contributed by atoms with E-state index in [1.54, 1.807) is 11.3 Å². The van der Waals surface area contributed by atoms with E-state index in [-0.39, 0.29) is 12.4 Å². The normalized spacial score (nSPS) is 11.3. The van der Waals surface area contributed by atoms with E-state index in [9.17, 15) is 0 Å². The third-order valence-corrected chi connectivity index (χ3v) is 6.94. The van der Waals surface area contributed by atoms with Gasteiger partial charge in [0.1, 0.15) is 5.69 Å². The van der Waals surface area contributed by atoms with Crippen molar-refractivity contribution >= 4 is 41.0 Å². The number of hydrogen-bond donors (Lipinski definition) is 0. The summed E-state index contributed by atoms with van der Waals surface area (Å²) in [5.41, 5.74) is 7.95. The highest BCUT2D eigenvalue weighted by Gasteiger charge is 2.23. The highest BCUT2D eigenvalue weighted by molar-refractivity contribution is 7.14. The standard InChI is InChI=1S/C23H25ClN4S.ClH/c1-6-16(7-2)17-11-14(4)27-28-21(15(5)26-23(17)28)22-20(24)18(12-29-22)19-10-8-9-13(3)25-19;/h8-12,16H,6-7H2,1-5H3;1H. The van der Waals surface area contributed by atoms with Crippen molar-refractivity contribution in [3.63, 3.8) is 0 Å². The lowest BCUT2D eigenvalue weighted by Crippen LogP contribution is -2.04. The van der Waals surface area contributed by atoms with Crippen molar-refractivity contribution in [3.05, 3.63) is 57.3 Å². The number of nitrogens with zero attached hydrogens (tertiary/aromatic N) is 4. The van der Waals surface area contributed by atoms with Crippen molar-refractivity contribution in [1.82, 2.24) is 19.6 Å². The van der Waals surface area contributed by atoms with Crippen molar-refractivity contribution < 1.29 is 0 Å². The largest absolute Gasteiger partial charge is 0.253 e. The molecular formula is C23H26Cl2N4S. The monoisotopic (exact) mass is 460 g/mol. The fraction of sp³-hybridized carbons (Fsp3) is 0.348. The lowest BCUT2D eigenvalue weighted by Gasteiger charge is -2.14. The molecular weight excluding hydrogens is 435 g/mol. The fourth-order valence-corrected chi connectivity index (χ4v) is 5.41. The summed E-state index contributed by atoms with van der Waals surface area (Å²) in [4.78, 5) is 10.5. The lowest BCUT2D eigenvalue weighted by atomic mass is 9.95. The molecule has 4 heterocycles. The van der Waals surface area contributed by atoms with Crippen LogP contribution in [0.25, 0.3) is 27.5 Å². The Morgan fingerprint density at radius 3 is 2.47 bits per heavy atom. The number of aromatic nitrogens is 4. The number of thiophene rings is 1. The topological polar surface area (TPSA) is 43.1 Å². The van der Waals surface area contributed by atoms with Crippen LogP contribution in [-0.2, 0) is 0 Å². The van der Waals surface area contributed by atoms with E-state index < -0.39 is 0 Å². The molecule has 4 aromatic rings. The Balaban J connectivity index is 0.00000256. The van der Waals surface area contributed by atoms with Gasteiger partial charge in [-0.25, -0.2) is 9.50 Å². The van der Waals surface area contributed by atoms with E-state index in [0.717, 1.165) is 57.4 Å². The molecule has 0 saturated carbocycles. The molecule has 0 aliphatic rings. The molecule has 0 radical (unpaired) electrons. The molecule has 0 amide bonds. The summed E-state index contributed by atoms with van der Waals surface area (Å²) >= 11 is 8.50. The van der Waals surface area contributed by atoms with Crippen LogP contribution in [0.1, 0.15) is 55.3 Å². The van der Waals surface area contributed by atoms with E-state index in [0.29, 0.717) is 10.9 Å². The summed E-state index contributed by atoms with van der Waals surface area (Å²) in [5, 5.41) is 7.60. The number of aryl methyl sites for hydroxylation is 3. The zero-order valence-electron chi connectivity index (χ0n) is 17.9. The molecule has 0 unspecified atom stereocenters.